The summed E-state index contributed by atoms with van der Waals surface area (Å²) in [6.07, 6.45) is 3.86. The highest BCUT2D eigenvalue weighted by Gasteiger charge is 2.34. The van der Waals surface area contributed by atoms with E-state index in [1.54, 1.807) is 0 Å². The van der Waals surface area contributed by atoms with Crippen molar-refractivity contribution < 1.29 is 4.57 Å². The van der Waals surface area contributed by atoms with Gasteiger partial charge in [0, 0.05) is 22.7 Å². The number of fused-ring (bicyclic) bond motifs is 7. The Morgan fingerprint density at radius 3 is 3.10 bits per heavy atom. The fourth-order valence-corrected chi connectivity index (χ4v) is 4.45. The smallest absolute Gasteiger partial charge is 0.264 e. The fraction of sp³-hybridized carbons (Fsp3) is 0.125. The first-order valence-electron chi connectivity index (χ1n) is 6.67. The van der Waals surface area contributed by atoms with Crippen LogP contribution >= 0.6 is 11.3 Å². The lowest BCUT2D eigenvalue weighted by Crippen LogP contribution is -2.28. The van der Waals surface area contributed by atoms with E-state index in [1.807, 2.05) is 23.7 Å². The van der Waals surface area contributed by atoms with Crippen LogP contribution in [0.1, 0.15) is 5.56 Å². The molecule has 3 nitrogen and oxygen atoms in total. The molecule has 4 aromatic rings. The number of nitrogens with zero attached hydrogens (tertiary/aromatic N) is 3. The van der Waals surface area contributed by atoms with Crippen LogP contribution < -0.4 is 4.57 Å². The number of hydrogen-bond donors (Lipinski definition) is 0. The second-order valence-corrected chi connectivity index (χ2v) is 6.28. The Balaban J connectivity index is 1.99. The van der Waals surface area contributed by atoms with E-state index in [1.165, 1.54) is 37.4 Å². The number of pyridine rings is 1. The summed E-state index contributed by atoms with van der Waals surface area (Å²) in [5.41, 5.74) is 4.09. The maximum atomic E-state index is 4.30. The standard InChI is InChI=1S/C16H12N3S/c1-18-15-11-5-3-2-4-10(11)9-19(15)14-12-8-17-7-6-13(12)20-16(14)18/h2-8H,9H2,1H3/q+1. The minimum absolute atomic E-state index is 0.962. The SMILES string of the molecule is C[n+]1c2n(c3c4cnccc4sc31)Cc1ccccc1-2. The van der Waals surface area contributed by atoms with Gasteiger partial charge in [-0.3, -0.25) is 4.98 Å². The average Bonchev–Trinajstić information content (AvgIpc) is 3.10. The van der Waals surface area contributed by atoms with Crippen molar-refractivity contribution >= 4 is 31.8 Å². The number of hydrogen-bond acceptors (Lipinski definition) is 2. The van der Waals surface area contributed by atoms with Crippen LogP contribution in [-0.2, 0) is 13.6 Å². The summed E-state index contributed by atoms with van der Waals surface area (Å²) in [7, 11) is 2.17. The normalized spacial score (nSPS) is 13.1. The monoisotopic (exact) mass is 278 g/mol. The third-order valence-corrected chi connectivity index (χ3v) is 5.42. The molecule has 0 amide bonds. The number of aromatic nitrogens is 3. The van der Waals surface area contributed by atoms with Gasteiger partial charge in [0.1, 0.15) is 6.54 Å². The van der Waals surface area contributed by atoms with Crippen molar-refractivity contribution in [1.82, 2.24) is 9.55 Å². The quantitative estimate of drug-likeness (QED) is 0.399. The van der Waals surface area contributed by atoms with Gasteiger partial charge in [0.25, 0.3) is 5.82 Å². The maximum absolute atomic E-state index is 4.30. The number of imidazole rings is 1. The van der Waals surface area contributed by atoms with Gasteiger partial charge >= 0.3 is 0 Å². The minimum Gasteiger partial charge on any atom is -0.264 e. The van der Waals surface area contributed by atoms with Crippen molar-refractivity contribution in [2.45, 2.75) is 6.54 Å². The Morgan fingerprint density at radius 1 is 1.25 bits per heavy atom. The van der Waals surface area contributed by atoms with Crippen LogP contribution in [-0.4, -0.2) is 9.55 Å². The number of rotatable bonds is 0. The molecule has 0 fully saturated rings. The number of benzene rings is 1. The van der Waals surface area contributed by atoms with E-state index < -0.39 is 0 Å². The van der Waals surface area contributed by atoms with Crippen molar-refractivity contribution in [3.63, 3.8) is 0 Å². The Morgan fingerprint density at radius 2 is 2.15 bits per heavy atom. The summed E-state index contributed by atoms with van der Waals surface area (Å²) in [6, 6.07) is 10.8. The molecule has 20 heavy (non-hydrogen) atoms. The third kappa shape index (κ3) is 1.11. The molecule has 1 aromatic carbocycles. The van der Waals surface area contributed by atoms with Crippen LogP contribution in [0.3, 0.4) is 0 Å². The molecular formula is C16H12N3S+. The molecule has 4 heterocycles. The van der Waals surface area contributed by atoms with Crippen molar-refractivity contribution in [2.24, 2.45) is 7.05 Å². The summed E-state index contributed by atoms with van der Waals surface area (Å²) in [4.78, 5) is 5.63. The summed E-state index contributed by atoms with van der Waals surface area (Å²) < 4.78 is 6.07. The predicted octanol–water partition coefficient (Wildman–Crippen LogP) is 3.10. The molecule has 0 bridgehead atoms. The van der Waals surface area contributed by atoms with Crippen molar-refractivity contribution in [3.8, 4) is 11.4 Å². The highest BCUT2D eigenvalue weighted by Crippen LogP contribution is 2.39. The van der Waals surface area contributed by atoms with Crippen LogP contribution in [0.4, 0.5) is 0 Å². The van der Waals surface area contributed by atoms with Crippen molar-refractivity contribution in [1.29, 1.82) is 0 Å². The molecule has 1 aliphatic rings. The summed E-state index contributed by atoms with van der Waals surface area (Å²) >= 11 is 1.85. The molecule has 1 aliphatic heterocycles. The Bertz CT molecular complexity index is 994. The molecule has 4 heteroatoms. The Hall–Kier alpha value is -2.20. The molecule has 0 radical (unpaired) electrons. The fourth-order valence-electron chi connectivity index (χ4n) is 3.31. The Kier molecular flexibility index (Phi) is 1.83. The molecular weight excluding hydrogens is 266 g/mol. The van der Waals surface area contributed by atoms with Crippen molar-refractivity contribution in [3.05, 3.63) is 48.3 Å². The van der Waals surface area contributed by atoms with E-state index in [0.29, 0.717) is 0 Å². The average molecular weight is 278 g/mol. The van der Waals surface area contributed by atoms with E-state index in [-0.39, 0.29) is 0 Å². The molecule has 0 unspecified atom stereocenters. The molecule has 0 saturated carbocycles. The molecule has 5 rings (SSSR count). The molecule has 0 saturated heterocycles. The summed E-state index contributed by atoms with van der Waals surface area (Å²) in [6.45, 7) is 0.962. The Labute approximate surface area is 119 Å². The largest absolute Gasteiger partial charge is 0.291 e. The van der Waals surface area contributed by atoms with E-state index in [0.717, 1.165) is 6.54 Å². The number of aryl methyl sites for hydroxylation is 1. The maximum Gasteiger partial charge on any atom is 0.291 e. The first-order chi connectivity index (χ1) is 9.84. The lowest BCUT2D eigenvalue weighted by atomic mass is 10.1. The minimum atomic E-state index is 0.962. The van der Waals surface area contributed by atoms with Crippen LogP contribution in [0.2, 0.25) is 0 Å². The van der Waals surface area contributed by atoms with E-state index >= 15 is 0 Å². The van der Waals surface area contributed by atoms with E-state index in [4.69, 9.17) is 0 Å². The molecule has 3 aromatic heterocycles. The van der Waals surface area contributed by atoms with Gasteiger partial charge in [-0.15, -0.1) is 0 Å². The molecule has 0 atom stereocenters. The van der Waals surface area contributed by atoms with Crippen LogP contribution in [0.25, 0.3) is 31.8 Å². The van der Waals surface area contributed by atoms with Crippen LogP contribution in [0, 0.1) is 0 Å². The summed E-state index contributed by atoms with van der Waals surface area (Å²) in [5, 5.41) is 1.27. The molecule has 0 aliphatic carbocycles. The first-order valence-corrected chi connectivity index (χ1v) is 7.49. The first kappa shape index (κ1) is 10.6. The second kappa shape index (κ2) is 3.46. The highest BCUT2D eigenvalue weighted by atomic mass is 32.1. The van der Waals surface area contributed by atoms with Gasteiger partial charge in [0.15, 0.2) is 5.52 Å². The lowest BCUT2D eigenvalue weighted by Gasteiger charge is -1.93. The van der Waals surface area contributed by atoms with Gasteiger partial charge in [0.05, 0.1) is 18.0 Å². The zero-order valence-corrected chi connectivity index (χ0v) is 11.8. The highest BCUT2D eigenvalue weighted by molar-refractivity contribution is 7.25. The van der Waals surface area contributed by atoms with Gasteiger partial charge in [0.2, 0.25) is 4.83 Å². The van der Waals surface area contributed by atoms with Gasteiger partial charge in [-0.1, -0.05) is 29.5 Å². The van der Waals surface area contributed by atoms with Crippen LogP contribution in [0.15, 0.2) is 42.7 Å². The van der Waals surface area contributed by atoms with Crippen molar-refractivity contribution in [2.75, 3.05) is 0 Å². The lowest BCUT2D eigenvalue weighted by molar-refractivity contribution is -0.631. The van der Waals surface area contributed by atoms with Gasteiger partial charge in [-0.05, 0) is 12.1 Å². The molecule has 0 spiro atoms. The van der Waals surface area contributed by atoms with E-state index in [2.05, 4.69) is 51.5 Å². The molecule has 96 valence electrons. The van der Waals surface area contributed by atoms with Gasteiger partial charge in [-0.2, -0.15) is 0 Å². The summed E-state index contributed by atoms with van der Waals surface area (Å²) in [5.74, 6) is 1.31. The third-order valence-electron chi connectivity index (χ3n) is 4.18. The van der Waals surface area contributed by atoms with Gasteiger partial charge < -0.3 is 0 Å². The van der Waals surface area contributed by atoms with Crippen LogP contribution in [0.5, 0.6) is 0 Å². The zero-order valence-electron chi connectivity index (χ0n) is 11.0. The zero-order chi connectivity index (χ0) is 13.3. The molecule has 0 N–H and O–H groups in total. The second-order valence-electron chi connectivity index (χ2n) is 5.25. The topological polar surface area (TPSA) is 21.7 Å². The van der Waals surface area contributed by atoms with E-state index in [9.17, 15) is 0 Å². The number of thiophene rings is 1. The van der Waals surface area contributed by atoms with Gasteiger partial charge in [-0.25, -0.2) is 9.13 Å². The predicted molar refractivity (Wildman–Crippen MR) is 80.8 cm³/mol.